The molecule has 2 saturated carbocycles. The zero-order chi connectivity index (χ0) is 11.8. The van der Waals surface area contributed by atoms with E-state index in [1.54, 1.807) is 0 Å². The van der Waals surface area contributed by atoms with E-state index in [1.807, 2.05) is 0 Å². The molecule has 0 aromatic rings. The minimum absolute atomic E-state index is 0.444. The molecule has 3 rings (SSSR count). The number of carbonyl (C=O) groups excluding carboxylic acids is 1. The maximum atomic E-state index is 11.8. The lowest BCUT2D eigenvalue weighted by Gasteiger charge is -2.17. The normalized spacial score (nSPS) is 38.9. The fraction of sp³-hybridized carbons (Fsp3) is 0.800. The van der Waals surface area contributed by atoms with Crippen LogP contribution in [0.15, 0.2) is 12.2 Å². The van der Waals surface area contributed by atoms with Crippen molar-refractivity contribution in [1.82, 2.24) is 4.90 Å². The van der Waals surface area contributed by atoms with Crippen molar-refractivity contribution in [2.45, 2.75) is 39.0 Å². The van der Waals surface area contributed by atoms with Gasteiger partial charge in [-0.25, -0.2) is 0 Å². The summed E-state index contributed by atoms with van der Waals surface area (Å²) in [5, 5.41) is 0. The summed E-state index contributed by atoms with van der Waals surface area (Å²) in [7, 11) is 0. The van der Waals surface area contributed by atoms with E-state index in [-0.39, 0.29) is 0 Å². The lowest BCUT2D eigenvalue weighted by molar-refractivity contribution is -0.130. The lowest BCUT2D eigenvalue weighted by Crippen LogP contribution is -2.30. The van der Waals surface area contributed by atoms with E-state index < -0.39 is 0 Å². The molecule has 4 atom stereocenters. The Morgan fingerprint density at radius 2 is 2.18 bits per heavy atom. The van der Waals surface area contributed by atoms with E-state index in [0.717, 1.165) is 37.3 Å². The molecule has 1 saturated heterocycles. The Bertz CT molecular complexity index is 336. The molecule has 1 amide bonds. The van der Waals surface area contributed by atoms with Crippen LogP contribution in [0.2, 0.25) is 0 Å². The Balaban J connectivity index is 1.35. The maximum Gasteiger partial charge on any atom is 0.226 e. The van der Waals surface area contributed by atoms with Gasteiger partial charge < -0.3 is 4.90 Å². The van der Waals surface area contributed by atoms with Gasteiger partial charge in [-0.15, -0.1) is 0 Å². The van der Waals surface area contributed by atoms with E-state index in [4.69, 9.17) is 0 Å². The highest BCUT2D eigenvalue weighted by molar-refractivity contribution is 5.84. The highest BCUT2D eigenvalue weighted by Gasteiger charge is 2.53. The zero-order valence-corrected chi connectivity index (χ0v) is 10.8. The van der Waals surface area contributed by atoms with Crippen molar-refractivity contribution in [2.75, 3.05) is 13.1 Å². The molecule has 94 valence electrons. The van der Waals surface area contributed by atoms with Crippen molar-refractivity contribution in [3.05, 3.63) is 12.2 Å². The maximum absolute atomic E-state index is 11.8. The van der Waals surface area contributed by atoms with Crippen LogP contribution in [0.4, 0.5) is 0 Å². The fourth-order valence-corrected chi connectivity index (χ4v) is 3.29. The van der Waals surface area contributed by atoms with Crippen LogP contribution >= 0.6 is 0 Å². The summed E-state index contributed by atoms with van der Waals surface area (Å²) >= 11 is 0. The van der Waals surface area contributed by atoms with E-state index in [1.165, 1.54) is 25.7 Å². The largest absolute Gasteiger partial charge is 0.342 e. The number of allylic oxidation sites excluding steroid dienone is 2. The Labute approximate surface area is 104 Å². The van der Waals surface area contributed by atoms with Crippen LogP contribution in [-0.4, -0.2) is 23.9 Å². The molecule has 3 aliphatic rings. The topological polar surface area (TPSA) is 20.3 Å². The summed E-state index contributed by atoms with van der Waals surface area (Å²) in [6.45, 7) is 4.32. The molecule has 0 bridgehead atoms. The number of fused-ring (bicyclic) bond motifs is 1. The summed E-state index contributed by atoms with van der Waals surface area (Å²) in [6.07, 6.45) is 10.8. The monoisotopic (exact) mass is 233 g/mol. The van der Waals surface area contributed by atoms with Crippen molar-refractivity contribution in [3.63, 3.8) is 0 Å². The van der Waals surface area contributed by atoms with Gasteiger partial charge in [-0.05, 0) is 49.9 Å². The van der Waals surface area contributed by atoms with Gasteiger partial charge in [0.05, 0.1) is 0 Å². The van der Waals surface area contributed by atoms with E-state index in [0.29, 0.717) is 11.8 Å². The minimum Gasteiger partial charge on any atom is -0.342 e. The van der Waals surface area contributed by atoms with E-state index in [2.05, 4.69) is 24.0 Å². The highest BCUT2D eigenvalue weighted by atomic mass is 16.2. The first-order valence-corrected chi connectivity index (χ1v) is 7.23. The van der Waals surface area contributed by atoms with Crippen LogP contribution < -0.4 is 0 Å². The number of nitrogens with zero attached hydrogens (tertiary/aromatic N) is 1. The Morgan fingerprint density at radius 3 is 2.88 bits per heavy atom. The average Bonchev–Trinajstić information content (AvgIpc) is 3.20. The van der Waals surface area contributed by atoms with E-state index >= 15 is 0 Å². The Kier molecular flexibility index (Phi) is 2.97. The number of amides is 1. The smallest absolute Gasteiger partial charge is 0.226 e. The average molecular weight is 233 g/mol. The van der Waals surface area contributed by atoms with Gasteiger partial charge in [0, 0.05) is 19.0 Å². The Morgan fingerprint density at radius 1 is 1.29 bits per heavy atom. The third-order valence-electron chi connectivity index (χ3n) is 4.64. The summed E-state index contributed by atoms with van der Waals surface area (Å²) in [5.74, 6) is 3.38. The quantitative estimate of drug-likeness (QED) is 0.646. The molecule has 0 aromatic carbocycles. The second-order valence-electron chi connectivity index (χ2n) is 6.06. The van der Waals surface area contributed by atoms with Crippen LogP contribution in [0.25, 0.3) is 0 Å². The number of piperidine rings is 1. The predicted octanol–water partition coefficient (Wildman–Crippen LogP) is 2.85. The number of likely N-dealkylation sites (tertiary alicyclic amines) is 1. The van der Waals surface area contributed by atoms with Gasteiger partial charge in [-0.2, -0.15) is 0 Å². The molecule has 3 fully saturated rings. The number of hydrogen-bond acceptors (Lipinski definition) is 1. The second kappa shape index (κ2) is 4.47. The van der Waals surface area contributed by atoms with Gasteiger partial charge in [0.15, 0.2) is 0 Å². The molecule has 0 N–H and O–H groups in total. The molecule has 0 spiro atoms. The van der Waals surface area contributed by atoms with Gasteiger partial charge in [0.1, 0.15) is 0 Å². The molecule has 2 aliphatic carbocycles. The first kappa shape index (κ1) is 11.3. The third kappa shape index (κ3) is 2.41. The van der Waals surface area contributed by atoms with Crippen molar-refractivity contribution in [2.24, 2.45) is 23.7 Å². The third-order valence-corrected chi connectivity index (χ3v) is 4.64. The molecule has 0 aromatic heterocycles. The van der Waals surface area contributed by atoms with Crippen LogP contribution in [0.1, 0.15) is 39.0 Å². The molecule has 17 heavy (non-hydrogen) atoms. The summed E-state index contributed by atoms with van der Waals surface area (Å²) in [5.41, 5.74) is 0. The number of carbonyl (C=O) groups is 1. The lowest BCUT2D eigenvalue weighted by atomic mass is 10.1. The zero-order valence-electron chi connectivity index (χ0n) is 10.8. The minimum atomic E-state index is 0.444. The van der Waals surface area contributed by atoms with Crippen molar-refractivity contribution < 1.29 is 4.79 Å². The fourth-order valence-electron chi connectivity index (χ4n) is 3.29. The van der Waals surface area contributed by atoms with Crippen molar-refractivity contribution >= 4 is 5.91 Å². The highest BCUT2D eigenvalue weighted by Crippen LogP contribution is 2.49. The SMILES string of the molecule is CC/C=C\CCC1CC1CN1CC2CC2C1=O. The molecule has 1 heterocycles. The molecular formula is C15H23NO. The standard InChI is InChI=1S/C15H23NO/c1-2-3-4-5-6-11-7-12(11)9-16-10-13-8-14(13)15(16)17/h3-4,11-14H,2,5-10H2,1H3/b4-3-. The van der Waals surface area contributed by atoms with Crippen LogP contribution in [-0.2, 0) is 4.79 Å². The molecule has 4 unspecified atom stereocenters. The van der Waals surface area contributed by atoms with E-state index in [9.17, 15) is 4.79 Å². The van der Waals surface area contributed by atoms with Gasteiger partial charge in [-0.3, -0.25) is 4.79 Å². The first-order valence-electron chi connectivity index (χ1n) is 7.23. The van der Waals surface area contributed by atoms with Gasteiger partial charge >= 0.3 is 0 Å². The van der Waals surface area contributed by atoms with Crippen LogP contribution in [0.5, 0.6) is 0 Å². The van der Waals surface area contributed by atoms with Crippen LogP contribution in [0, 0.1) is 23.7 Å². The van der Waals surface area contributed by atoms with Gasteiger partial charge in [0.25, 0.3) is 0 Å². The van der Waals surface area contributed by atoms with Gasteiger partial charge in [-0.1, -0.05) is 19.1 Å². The molecule has 0 radical (unpaired) electrons. The second-order valence-corrected chi connectivity index (χ2v) is 6.06. The summed E-state index contributed by atoms with van der Waals surface area (Å²) in [6, 6.07) is 0. The van der Waals surface area contributed by atoms with Crippen molar-refractivity contribution in [3.8, 4) is 0 Å². The van der Waals surface area contributed by atoms with Crippen molar-refractivity contribution in [1.29, 1.82) is 0 Å². The Hall–Kier alpha value is -0.790. The van der Waals surface area contributed by atoms with Crippen LogP contribution in [0.3, 0.4) is 0 Å². The molecular weight excluding hydrogens is 210 g/mol. The molecule has 2 heteroatoms. The first-order chi connectivity index (χ1) is 8.29. The van der Waals surface area contributed by atoms with Gasteiger partial charge in [0.2, 0.25) is 5.91 Å². The number of rotatable bonds is 6. The number of hydrogen-bond donors (Lipinski definition) is 0. The summed E-state index contributed by atoms with van der Waals surface area (Å²) < 4.78 is 0. The summed E-state index contributed by atoms with van der Waals surface area (Å²) in [4.78, 5) is 14.0. The predicted molar refractivity (Wildman–Crippen MR) is 68.4 cm³/mol. The molecule has 1 aliphatic heterocycles. The molecule has 2 nitrogen and oxygen atoms in total.